The van der Waals surface area contributed by atoms with Crippen molar-refractivity contribution in [2.45, 2.75) is 17.1 Å². The van der Waals surface area contributed by atoms with Crippen LogP contribution in [0.15, 0.2) is 45.7 Å². The highest BCUT2D eigenvalue weighted by Crippen LogP contribution is 2.24. The lowest BCUT2D eigenvalue weighted by Gasteiger charge is -2.05. The summed E-state index contributed by atoms with van der Waals surface area (Å²) in [7, 11) is -3.67. The molecule has 1 amide bonds. The lowest BCUT2D eigenvalue weighted by atomic mass is 10.3. The molecule has 3 rings (SSSR count). The number of thiazole rings is 1. The van der Waals surface area contributed by atoms with Gasteiger partial charge in [0.15, 0.2) is 10.3 Å². The number of amidine groups is 1. The zero-order valence-corrected chi connectivity index (χ0v) is 14.3. The molecule has 0 radical (unpaired) electrons. The molecular formula is C13H12N4O3S3. The fourth-order valence-corrected chi connectivity index (χ4v) is 4.38. The number of hydrogen-bond donors (Lipinski definition) is 2. The smallest absolute Gasteiger partial charge is 0.263 e. The number of sulfonamides is 1. The van der Waals surface area contributed by atoms with Crippen LogP contribution in [0.4, 0.5) is 10.8 Å². The van der Waals surface area contributed by atoms with Gasteiger partial charge in [0, 0.05) is 11.6 Å². The fourth-order valence-electron chi connectivity index (χ4n) is 1.78. The molecular weight excluding hydrogens is 356 g/mol. The van der Waals surface area contributed by atoms with Crippen molar-refractivity contribution in [3.05, 3.63) is 35.8 Å². The second-order valence-electron chi connectivity index (χ2n) is 4.60. The summed E-state index contributed by atoms with van der Waals surface area (Å²) in [4.78, 5) is 19.7. The molecule has 1 aliphatic heterocycles. The summed E-state index contributed by atoms with van der Waals surface area (Å²) in [5.74, 6) is -0.0828. The maximum atomic E-state index is 12.2. The number of thioether (sulfide) groups is 1. The van der Waals surface area contributed by atoms with E-state index in [1.54, 1.807) is 24.4 Å². The second-order valence-corrected chi connectivity index (χ2v) is 8.51. The minimum atomic E-state index is -3.67. The summed E-state index contributed by atoms with van der Waals surface area (Å²) in [6.45, 7) is 1.79. The van der Waals surface area contributed by atoms with Crippen molar-refractivity contribution in [3.8, 4) is 0 Å². The fraction of sp³-hybridized carbons (Fsp3) is 0.154. The molecule has 1 aliphatic rings. The van der Waals surface area contributed by atoms with Gasteiger partial charge in [0.2, 0.25) is 5.91 Å². The Hall–Kier alpha value is -1.91. The molecule has 2 heterocycles. The van der Waals surface area contributed by atoms with E-state index < -0.39 is 10.0 Å². The average Bonchev–Trinajstić information content (AvgIpc) is 3.10. The SMILES string of the molecule is CC1SC(=Nc2ccc(S(=O)(=O)Nc3nccs3)cc2)NC1=O. The van der Waals surface area contributed by atoms with Gasteiger partial charge >= 0.3 is 0 Å². The summed E-state index contributed by atoms with van der Waals surface area (Å²) in [6, 6.07) is 6.08. The molecule has 0 bridgehead atoms. The normalized spacial score (nSPS) is 19.8. The first-order valence-corrected chi connectivity index (χ1v) is 9.77. The largest absolute Gasteiger partial charge is 0.304 e. The lowest BCUT2D eigenvalue weighted by Crippen LogP contribution is -2.23. The van der Waals surface area contributed by atoms with Crippen LogP contribution in [0.5, 0.6) is 0 Å². The van der Waals surface area contributed by atoms with Crippen molar-refractivity contribution in [1.82, 2.24) is 10.3 Å². The van der Waals surface area contributed by atoms with E-state index >= 15 is 0 Å². The summed E-state index contributed by atoms with van der Waals surface area (Å²) in [5.41, 5.74) is 0.565. The Morgan fingerprint density at radius 3 is 2.61 bits per heavy atom. The topological polar surface area (TPSA) is 101 Å². The Morgan fingerprint density at radius 1 is 1.30 bits per heavy atom. The summed E-state index contributed by atoms with van der Waals surface area (Å²) in [6.07, 6.45) is 1.52. The molecule has 7 nitrogen and oxygen atoms in total. The highest BCUT2D eigenvalue weighted by atomic mass is 32.2. The van der Waals surface area contributed by atoms with E-state index in [0.29, 0.717) is 16.0 Å². The van der Waals surface area contributed by atoms with E-state index in [1.807, 2.05) is 0 Å². The van der Waals surface area contributed by atoms with E-state index in [4.69, 9.17) is 0 Å². The van der Waals surface area contributed by atoms with Crippen LogP contribution in [-0.4, -0.2) is 29.7 Å². The number of carbonyl (C=O) groups excluding carboxylic acids is 1. The van der Waals surface area contributed by atoms with Gasteiger partial charge in [-0.05, 0) is 31.2 Å². The Kier molecular flexibility index (Phi) is 4.37. The molecule has 0 aliphatic carbocycles. The van der Waals surface area contributed by atoms with Gasteiger partial charge in [-0.1, -0.05) is 11.8 Å². The highest BCUT2D eigenvalue weighted by molar-refractivity contribution is 8.15. The Labute approximate surface area is 141 Å². The molecule has 1 fully saturated rings. The van der Waals surface area contributed by atoms with Gasteiger partial charge < -0.3 is 5.32 Å². The molecule has 0 saturated carbocycles. The van der Waals surface area contributed by atoms with E-state index in [2.05, 4.69) is 20.0 Å². The van der Waals surface area contributed by atoms with Gasteiger partial charge in [0.25, 0.3) is 10.0 Å². The number of aliphatic imine (C=N–C) groups is 1. The van der Waals surface area contributed by atoms with Crippen LogP contribution in [0.3, 0.4) is 0 Å². The first kappa shape index (κ1) is 16.0. The number of carbonyl (C=O) groups is 1. The molecule has 2 N–H and O–H groups in total. The van der Waals surface area contributed by atoms with Crippen LogP contribution >= 0.6 is 23.1 Å². The highest BCUT2D eigenvalue weighted by Gasteiger charge is 2.25. The van der Waals surface area contributed by atoms with Gasteiger partial charge in [0.05, 0.1) is 15.8 Å². The Balaban J connectivity index is 1.77. The number of anilines is 1. The predicted octanol–water partition coefficient (Wildman–Crippen LogP) is 2.18. The lowest BCUT2D eigenvalue weighted by molar-refractivity contribution is -0.118. The van der Waals surface area contributed by atoms with Gasteiger partial charge in [-0.2, -0.15) is 0 Å². The number of rotatable bonds is 4. The van der Waals surface area contributed by atoms with Crippen molar-refractivity contribution in [1.29, 1.82) is 0 Å². The third-order valence-corrected chi connectivity index (χ3v) is 6.08. The molecule has 0 spiro atoms. The van der Waals surface area contributed by atoms with Crippen molar-refractivity contribution in [2.24, 2.45) is 4.99 Å². The molecule has 1 saturated heterocycles. The number of nitrogens with zero attached hydrogens (tertiary/aromatic N) is 2. The van der Waals surface area contributed by atoms with Gasteiger partial charge in [0.1, 0.15) is 0 Å². The molecule has 1 aromatic heterocycles. The third-order valence-electron chi connectivity index (χ3n) is 2.92. The van der Waals surface area contributed by atoms with E-state index in [9.17, 15) is 13.2 Å². The maximum Gasteiger partial charge on any atom is 0.263 e. The van der Waals surface area contributed by atoms with Crippen LogP contribution in [-0.2, 0) is 14.8 Å². The number of benzene rings is 1. The Morgan fingerprint density at radius 2 is 2.04 bits per heavy atom. The monoisotopic (exact) mass is 368 g/mol. The van der Waals surface area contributed by atoms with Crippen LogP contribution in [0.2, 0.25) is 0 Å². The van der Waals surface area contributed by atoms with E-state index in [-0.39, 0.29) is 16.1 Å². The average molecular weight is 368 g/mol. The van der Waals surface area contributed by atoms with Crippen molar-refractivity contribution < 1.29 is 13.2 Å². The molecule has 2 aromatic rings. The number of nitrogens with one attached hydrogen (secondary N) is 2. The number of amides is 1. The number of aromatic nitrogens is 1. The van der Waals surface area contributed by atoms with Crippen LogP contribution < -0.4 is 10.0 Å². The van der Waals surface area contributed by atoms with E-state index in [1.165, 1.54) is 41.4 Å². The minimum Gasteiger partial charge on any atom is -0.304 e. The van der Waals surface area contributed by atoms with E-state index in [0.717, 1.165) is 0 Å². The van der Waals surface area contributed by atoms with Gasteiger partial charge in [-0.25, -0.2) is 18.4 Å². The summed E-state index contributed by atoms with van der Waals surface area (Å²) in [5, 5.41) is 5.01. The quantitative estimate of drug-likeness (QED) is 0.861. The van der Waals surface area contributed by atoms with Crippen LogP contribution in [0.1, 0.15) is 6.92 Å². The Bertz CT molecular complexity index is 845. The zero-order chi connectivity index (χ0) is 16.4. The first-order valence-electron chi connectivity index (χ1n) is 6.53. The summed E-state index contributed by atoms with van der Waals surface area (Å²) < 4.78 is 26.8. The number of hydrogen-bond acceptors (Lipinski definition) is 7. The van der Waals surface area contributed by atoms with Crippen LogP contribution in [0, 0.1) is 0 Å². The van der Waals surface area contributed by atoms with Gasteiger partial charge in [-0.15, -0.1) is 11.3 Å². The van der Waals surface area contributed by atoms with Crippen molar-refractivity contribution in [2.75, 3.05) is 4.72 Å². The predicted molar refractivity (Wildman–Crippen MR) is 91.7 cm³/mol. The first-order chi connectivity index (χ1) is 10.9. The molecule has 1 aromatic carbocycles. The second kappa shape index (κ2) is 6.30. The summed E-state index contributed by atoms with van der Waals surface area (Å²) >= 11 is 2.54. The third kappa shape index (κ3) is 3.71. The molecule has 1 atom stereocenters. The van der Waals surface area contributed by atoms with Crippen LogP contribution in [0.25, 0.3) is 0 Å². The molecule has 10 heteroatoms. The van der Waals surface area contributed by atoms with Gasteiger partial charge in [-0.3, -0.25) is 9.52 Å². The van der Waals surface area contributed by atoms with Crippen molar-refractivity contribution in [3.63, 3.8) is 0 Å². The molecule has 120 valence electrons. The maximum absolute atomic E-state index is 12.2. The van der Waals surface area contributed by atoms with Crippen molar-refractivity contribution >= 4 is 55.0 Å². The molecule has 23 heavy (non-hydrogen) atoms. The minimum absolute atomic E-state index is 0.0828. The standard InChI is InChI=1S/C13H12N4O3S3/c1-8-11(18)16-13(22-8)15-9-2-4-10(5-3-9)23(19,20)17-12-14-6-7-21-12/h2-8H,1H3,(H,14,17)(H,15,16,18). The molecule has 1 unspecified atom stereocenters. The zero-order valence-electron chi connectivity index (χ0n) is 11.9.